The van der Waals surface area contributed by atoms with E-state index in [0.29, 0.717) is 11.1 Å². The summed E-state index contributed by atoms with van der Waals surface area (Å²) in [5, 5.41) is 3.61. The van der Waals surface area contributed by atoms with Gasteiger partial charge in [-0.1, -0.05) is 6.58 Å². The highest BCUT2D eigenvalue weighted by Gasteiger charge is 2.54. The lowest BCUT2D eigenvalue weighted by Crippen LogP contribution is -2.51. The first-order valence-electron chi connectivity index (χ1n) is 6.36. The number of carbonyl (C=O) groups excluding carboxylic acids is 2. The van der Waals surface area contributed by atoms with Crippen LogP contribution in [0.2, 0.25) is 0 Å². The van der Waals surface area contributed by atoms with E-state index in [1.54, 1.807) is 32.2 Å². The lowest BCUT2D eigenvalue weighted by Gasteiger charge is -2.35. The molecule has 0 radical (unpaired) electrons. The first kappa shape index (κ1) is 14.8. The van der Waals surface area contributed by atoms with E-state index in [1.807, 2.05) is 5.38 Å². The third-order valence-electron chi connectivity index (χ3n) is 3.03. The summed E-state index contributed by atoms with van der Waals surface area (Å²) in [5.41, 5.74) is -0.758. The highest BCUT2D eigenvalue weighted by atomic mass is 32.1. The zero-order valence-corrected chi connectivity index (χ0v) is 12.7. The molecule has 0 bridgehead atoms. The summed E-state index contributed by atoms with van der Waals surface area (Å²) in [6.07, 6.45) is 0.234. The van der Waals surface area contributed by atoms with Crippen molar-refractivity contribution in [3.8, 4) is 0 Å². The Morgan fingerprint density at radius 1 is 1.50 bits per heavy atom. The second-order valence-electron chi connectivity index (χ2n) is 5.92. The van der Waals surface area contributed by atoms with Gasteiger partial charge in [0.2, 0.25) is 0 Å². The fraction of sp³-hybridized carbons (Fsp3) is 0.467. The standard InChI is InChI=1S/C15H18O4S/c1-10-7-15(12(16)18-8-10,11-5-6-20-9-11)13(17)19-14(2,3)4/h5-6,9H,1,7-8H2,2-4H3. The molecule has 1 aromatic rings. The Hall–Kier alpha value is -1.62. The van der Waals surface area contributed by atoms with E-state index >= 15 is 0 Å². The Morgan fingerprint density at radius 2 is 2.20 bits per heavy atom. The minimum atomic E-state index is -1.41. The van der Waals surface area contributed by atoms with Gasteiger partial charge in [-0.05, 0) is 48.7 Å². The van der Waals surface area contributed by atoms with Crippen molar-refractivity contribution in [3.63, 3.8) is 0 Å². The van der Waals surface area contributed by atoms with Crippen molar-refractivity contribution < 1.29 is 19.1 Å². The highest BCUT2D eigenvalue weighted by Crippen LogP contribution is 2.39. The summed E-state index contributed by atoms with van der Waals surface area (Å²) < 4.78 is 10.6. The average molecular weight is 294 g/mol. The molecule has 0 aromatic carbocycles. The topological polar surface area (TPSA) is 52.6 Å². The van der Waals surface area contributed by atoms with Crippen molar-refractivity contribution in [1.82, 2.24) is 0 Å². The largest absolute Gasteiger partial charge is 0.460 e. The van der Waals surface area contributed by atoms with Crippen molar-refractivity contribution in [1.29, 1.82) is 0 Å². The number of rotatable bonds is 2. The van der Waals surface area contributed by atoms with E-state index < -0.39 is 23.0 Å². The van der Waals surface area contributed by atoms with Gasteiger partial charge in [-0.3, -0.25) is 9.59 Å². The Labute approximate surface area is 122 Å². The van der Waals surface area contributed by atoms with Crippen LogP contribution in [-0.4, -0.2) is 24.1 Å². The van der Waals surface area contributed by atoms with Crippen molar-refractivity contribution >= 4 is 23.3 Å². The second-order valence-corrected chi connectivity index (χ2v) is 6.70. The van der Waals surface area contributed by atoms with E-state index in [-0.39, 0.29) is 13.0 Å². The lowest BCUT2D eigenvalue weighted by atomic mass is 9.75. The Kier molecular flexibility index (Phi) is 3.73. The lowest BCUT2D eigenvalue weighted by molar-refractivity contribution is -0.174. The van der Waals surface area contributed by atoms with Crippen LogP contribution in [0.3, 0.4) is 0 Å². The van der Waals surface area contributed by atoms with Gasteiger partial charge in [-0.2, -0.15) is 11.3 Å². The molecule has 4 nitrogen and oxygen atoms in total. The molecule has 1 aliphatic rings. The Bertz CT molecular complexity index is 539. The molecule has 0 N–H and O–H groups in total. The van der Waals surface area contributed by atoms with E-state index in [9.17, 15) is 9.59 Å². The maximum Gasteiger partial charge on any atom is 0.328 e. The predicted octanol–water partition coefficient (Wildman–Crippen LogP) is 2.83. The monoisotopic (exact) mass is 294 g/mol. The van der Waals surface area contributed by atoms with Crippen molar-refractivity contribution in [3.05, 3.63) is 34.5 Å². The quantitative estimate of drug-likeness (QED) is 0.478. The van der Waals surface area contributed by atoms with Crippen LogP contribution in [0, 0.1) is 0 Å². The number of ether oxygens (including phenoxy) is 2. The molecule has 20 heavy (non-hydrogen) atoms. The molecular formula is C15H18O4S. The van der Waals surface area contributed by atoms with Crippen LogP contribution in [0.4, 0.5) is 0 Å². The molecule has 5 heteroatoms. The molecule has 2 rings (SSSR count). The molecular weight excluding hydrogens is 276 g/mol. The minimum Gasteiger partial charge on any atom is -0.460 e. The molecule has 2 heterocycles. The summed E-state index contributed by atoms with van der Waals surface area (Å²) in [7, 11) is 0. The molecule has 1 fully saturated rings. The van der Waals surface area contributed by atoms with Gasteiger partial charge >= 0.3 is 11.9 Å². The first-order chi connectivity index (χ1) is 9.25. The number of hydrogen-bond donors (Lipinski definition) is 0. The number of esters is 2. The number of cyclic esters (lactones) is 1. The van der Waals surface area contributed by atoms with Gasteiger partial charge in [-0.15, -0.1) is 0 Å². The summed E-state index contributed by atoms with van der Waals surface area (Å²) in [6, 6.07) is 1.76. The van der Waals surface area contributed by atoms with Crippen LogP contribution < -0.4 is 0 Å². The number of thiophene rings is 1. The molecule has 108 valence electrons. The summed E-state index contributed by atoms with van der Waals surface area (Å²) in [4.78, 5) is 25.0. The average Bonchev–Trinajstić information content (AvgIpc) is 2.83. The van der Waals surface area contributed by atoms with Crippen LogP contribution >= 0.6 is 11.3 Å². The van der Waals surface area contributed by atoms with E-state index in [2.05, 4.69) is 6.58 Å². The van der Waals surface area contributed by atoms with Crippen molar-refractivity contribution in [2.24, 2.45) is 0 Å². The normalized spacial score (nSPS) is 23.4. The van der Waals surface area contributed by atoms with Crippen LogP contribution in [0.1, 0.15) is 32.8 Å². The maximum absolute atomic E-state index is 12.6. The van der Waals surface area contributed by atoms with Crippen LogP contribution in [0.5, 0.6) is 0 Å². The van der Waals surface area contributed by atoms with E-state index in [1.165, 1.54) is 11.3 Å². The molecule has 0 spiro atoms. The molecule has 0 saturated carbocycles. The highest BCUT2D eigenvalue weighted by molar-refractivity contribution is 7.08. The fourth-order valence-electron chi connectivity index (χ4n) is 2.15. The van der Waals surface area contributed by atoms with Crippen LogP contribution in [0.25, 0.3) is 0 Å². The maximum atomic E-state index is 12.6. The molecule has 1 unspecified atom stereocenters. The van der Waals surface area contributed by atoms with Crippen molar-refractivity contribution in [2.45, 2.75) is 38.2 Å². The number of hydrogen-bond acceptors (Lipinski definition) is 5. The van der Waals surface area contributed by atoms with Gasteiger partial charge in [-0.25, -0.2) is 0 Å². The van der Waals surface area contributed by atoms with Gasteiger partial charge < -0.3 is 9.47 Å². The fourth-order valence-corrected chi connectivity index (χ4v) is 2.88. The first-order valence-corrected chi connectivity index (χ1v) is 7.30. The minimum absolute atomic E-state index is 0.160. The Morgan fingerprint density at radius 3 is 2.75 bits per heavy atom. The third kappa shape index (κ3) is 2.63. The second kappa shape index (κ2) is 5.05. The molecule has 1 aromatic heterocycles. The zero-order valence-electron chi connectivity index (χ0n) is 11.9. The SMILES string of the molecule is C=C1COC(=O)C(C(=O)OC(C)(C)C)(c2ccsc2)C1. The van der Waals surface area contributed by atoms with E-state index in [0.717, 1.165) is 0 Å². The molecule has 1 aliphatic heterocycles. The van der Waals surface area contributed by atoms with Gasteiger partial charge in [0.1, 0.15) is 12.2 Å². The smallest absolute Gasteiger partial charge is 0.328 e. The number of carbonyl (C=O) groups is 2. The Balaban J connectivity index is 2.47. The third-order valence-corrected chi connectivity index (χ3v) is 3.72. The summed E-state index contributed by atoms with van der Waals surface area (Å²) in [6.45, 7) is 9.33. The van der Waals surface area contributed by atoms with Gasteiger partial charge in [0.15, 0.2) is 5.41 Å². The predicted molar refractivity (Wildman–Crippen MR) is 76.6 cm³/mol. The zero-order chi connectivity index (χ0) is 15.0. The van der Waals surface area contributed by atoms with Gasteiger partial charge in [0.25, 0.3) is 0 Å². The van der Waals surface area contributed by atoms with Crippen molar-refractivity contribution in [2.75, 3.05) is 6.61 Å². The molecule has 0 amide bonds. The summed E-state index contributed by atoms with van der Waals surface area (Å²) in [5.74, 6) is -1.13. The van der Waals surface area contributed by atoms with Crippen LogP contribution in [0.15, 0.2) is 29.0 Å². The van der Waals surface area contributed by atoms with Gasteiger partial charge in [0, 0.05) is 6.42 Å². The van der Waals surface area contributed by atoms with Crippen LogP contribution in [-0.2, 0) is 24.5 Å². The molecule has 1 saturated heterocycles. The molecule has 1 atom stereocenters. The van der Waals surface area contributed by atoms with E-state index in [4.69, 9.17) is 9.47 Å². The summed E-state index contributed by atoms with van der Waals surface area (Å²) >= 11 is 1.43. The van der Waals surface area contributed by atoms with Gasteiger partial charge in [0.05, 0.1) is 0 Å². The molecule has 0 aliphatic carbocycles.